The molecule has 0 aliphatic rings. The number of pyridine rings is 2. The summed E-state index contributed by atoms with van der Waals surface area (Å²) in [6, 6.07) is 18.9. The Bertz CT molecular complexity index is 1470. The number of rotatable bonds is 4. The van der Waals surface area contributed by atoms with Gasteiger partial charge in [0.1, 0.15) is 18.1 Å². The Balaban J connectivity index is 1.41. The number of hydrogen-bond donors (Lipinski definition) is 1. The summed E-state index contributed by atoms with van der Waals surface area (Å²) in [5, 5.41) is 13.8. The summed E-state index contributed by atoms with van der Waals surface area (Å²) in [5.74, 6) is -0.382. The molecule has 0 saturated heterocycles. The molecule has 0 aliphatic heterocycles. The largest absolute Gasteiger partial charge is 0.363 e. The molecule has 0 amide bonds. The molecule has 0 spiro atoms. The van der Waals surface area contributed by atoms with Gasteiger partial charge in [-0.3, -0.25) is 9.97 Å². The first-order chi connectivity index (χ1) is 15.2. The minimum atomic E-state index is -0.511. The fourth-order valence-corrected chi connectivity index (χ4v) is 3.44. The van der Waals surface area contributed by atoms with Gasteiger partial charge in [-0.15, -0.1) is 0 Å². The number of nitriles is 1. The molecule has 0 fully saturated rings. The molecular formula is C24H15FN6. The fraction of sp³-hybridized carbons (Fsp3) is 0.0417. The third-order valence-corrected chi connectivity index (χ3v) is 5.00. The normalized spacial score (nSPS) is 10.8. The average Bonchev–Trinajstić information content (AvgIpc) is 2.82. The summed E-state index contributed by atoms with van der Waals surface area (Å²) in [5.41, 5.74) is 3.93. The standard InChI is InChI=1S/C24H15FN6/c25-22-23(19-5-6-20-17(10-19)2-1-7-27-20)30-14-31-24(22)29-12-15-3-4-18-8-16(11-26)13-28-21(18)9-15/h1-10,13-14H,12H2,(H,29,30,31). The van der Waals surface area contributed by atoms with Gasteiger partial charge in [-0.1, -0.05) is 24.3 Å². The van der Waals surface area contributed by atoms with Gasteiger partial charge in [0.15, 0.2) is 11.6 Å². The maximum atomic E-state index is 15.2. The van der Waals surface area contributed by atoms with Crippen molar-refractivity contribution in [2.24, 2.45) is 0 Å². The van der Waals surface area contributed by atoms with E-state index in [9.17, 15) is 0 Å². The molecule has 0 bridgehead atoms. The predicted octanol–water partition coefficient (Wildman–Crippen LogP) is 4.86. The van der Waals surface area contributed by atoms with Gasteiger partial charge in [-0.2, -0.15) is 5.26 Å². The summed E-state index contributed by atoms with van der Waals surface area (Å²) in [7, 11) is 0. The lowest BCUT2D eigenvalue weighted by Crippen LogP contribution is -2.06. The lowest BCUT2D eigenvalue weighted by molar-refractivity contribution is 0.621. The monoisotopic (exact) mass is 406 g/mol. The van der Waals surface area contributed by atoms with Gasteiger partial charge in [0.25, 0.3) is 0 Å². The van der Waals surface area contributed by atoms with Crippen LogP contribution in [0.2, 0.25) is 0 Å². The maximum absolute atomic E-state index is 15.2. The average molecular weight is 406 g/mol. The predicted molar refractivity (Wildman–Crippen MR) is 117 cm³/mol. The summed E-state index contributed by atoms with van der Waals surface area (Å²) >= 11 is 0. The lowest BCUT2D eigenvalue weighted by atomic mass is 10.1. The molecular weight excluding hydrogens is 391 g/mol. The first-order valence-electron chi connectivity index (χ1n) is 9.59. The Morgan fingerprint density at radius 1 is 0.903 bits per heavy atom. The van der Waals surface area contributed by atoms with Crippen LogP contribution in [0.5, 0.6) is 0 Å². The van der Waals surface area contributed by atoms with Gasteiger partial charge in [0.2, 0.25) is 0 Å². The minimum Gasteiger partial charge on any atom is -0.363 e. The van der Waals surface area contributed by atoms with Crippen molar-refractivity contribution >= 4 is 27.6 Å². The molecule has 31 heavy (non-hydrogen) atoms. The fourth-order valence-electron chi connectivity index (χ4n) is 3.44. The summed E-state index contributed by atoms with van der Waals surface area (Å²) < 4.78 is 15.2. The summed E-state index contributed by atoms with van der Waals surface area (Å²) in [4.78, 5) is 16.8. The second-order valence-electron chi connectivity index (χ2n) is 7.01. The molecule has 3 heterocycles. The summed E-state index contributed by atoms with van der Waals surface area (Å²) in [6.07, 6.45) is 4.61. The molecule has 6 nitrogen and oxygen atoms in total. The van der Waals surface area contributed by atoms with E-state index in [4.69, 9.17) is 5.26 Å². The molecule has 7 heteroatoms. The molecule has 0 radical (unpaired) electrons. The third-order valence-electron chi connectivity index (χ3n) is 5.00. The van der Waals surface area contributed by atoms with Gasteiger partial charge in [0, 0.05) is 35.3 Å². The van der Waals surface area contributed by atoms with E-state index in [1.54, 1.807) is 18.3 Å². The molecule has 0 atom stereocenters. The van der Waals surface area contributed by atoms with Crippen LogP contribution < -0.4 is 5.32 Å². The highest BCUT2D eigenvalue weighted by Crippen LogP contribution is 2.27. The molecule has 3 aromatic heterocycles. The molecule has 0 unspecified atom stereocenters. The first-order valence-corrected chi connectivity index (χ1v) is 9.59. The number of halogens is 1. The molecule has 0 aliphatic carbocycles. The van der Waals surface area contributed by atoms with Crippen molar-refractivity contribution in [2.75, 3.05) is 5.32 Å². The molecule has 1 N–H and O–H groups in total. The van der Waals surface area contributed by atoms with E-state index in [0.29, 0.717) is 17.7 Å². The van der Waals surface area contributed by atoms with Crippen LogP contribution in [0, 0.1) is 17.1 Å². The maximum Gasteiger partial charge on any atom is 0.191 e. The zero-order chi connectivity index (χ0) is 21.2. The van der Waals surface area contributed by atoms with Gasteiger partial charge < -0.3 is 5.32 Å². The van der Waals surface area contributed by atoms with E-state index in [-0.39, 0.29) is 11.5 Å². The number of hydrogen-bond acceptors (Lipinski definition) is 6. The molecule has 2 aromatic carbocycles. The number of nitrogens with one attached hydrogen (secondary N) is 1. The Hall–Kier alpha value is -4.44. The highest BCUT2D eigenvalue weighted by molar-refractivity contribution is 5.84. The van der Waals surface area contributed by atoms with Gasteiger partial charge in [-0.05, 0) is 35.9 Å². The Morgan fingerprint density at radius 3 is 2.71 bits per heavy atom. The van der Waals surface area contributed by atoms with E-state index in [1.165, 1.54) is 12.5 Å². The minimum absolute atomic E-state index is 0.129. The van der Waals surface area contributed by atoms with Gasteiger partial charge in [0.05, 0.1) is 16.6 Å². The van der Waals surface area contributed by atoms with Crippen molar-refractivity contribution < 1.29 is 4.39 Å². The number of fused-ring (bicyclic) bond motifs is 2. The van der Waals surface area contributed by atoms with Crippen LogP contribution in [-0.2, 0) is 6.54 Å². The third kappa shape index (κ3) is 3.63. The number of benzene rings is 2. The van der Waals surface area contributed by atoms with E-state index in [1.807, 2.05) is 42.5 Å². The Kier molecular flexibility index (Phi) is 4.65. The lowest BCUT2D eigenvalue weighted by Gasteiger charge is -2.10. The van der Waals surface area contributed by atoms with Gasteiger partial charge >= 0.3 is 0 Å². The number of aromatic nitrogens is 4. The van der Waals surface area contributed by atoms with Crippen LogP contribution >= 0.6 is 0 Å². The molecule has 0 saturated carbocycles. The topological polar surface area (TPSA) is 87.4 Å². The smallest absolute Gasteiger partial charge is 0.191 e. The van der Waals surface area contributed by atoms with Crippen LogP contribution in [-0.4, -0.2) is 19.9 Å². The molecule has 148 valence electrons. The second kappa shape index (κ2) is 7.76. The van der Waals surface area contributed by atoms with Crippen molar-refractivity contribution in [3.8, 4) is 17.3 Å². The second-order valence-corrected chi connectivity index (χ2v) is 7.01. The van der Waals surface area contributed by atoms with E-state index < -0.39 is 5.82 Å². The highest BCUT2D eigenvalue weighted by atomic mass is 19.1. The molecule has 5 aromatic rings. The van der Waals surface area contributed by atoms with Crippen molar-refractivity contribution in [1.82, 2.24) is 19.9 Å². The van der Waals surface area contributed by atoms with Crippen molar-refractivity contribution in [1.29, 1.82) is 5.26 Å². The Labute approximate surface area is 177 Å². The van der Waals surface area contributed by atoms with Crippen LogP contribution in [0.3, 0.4) is 0 Å². The van der Waals surface area contributed by atoms with Gasteiger partial charge in [-0.25, -0.2) is 14.4 Å². The summed E-state index contributed by atoms with van der Waals surface area (Å²) in [6.45, 7) is 0.368. The first kappa shape index (κ1) is 18.6. The van der Waals surface area contributed by atoms with Crippen LogP contribution in [0.1, 0.15) is 11.1 Å². The zero-order valence-corrected chi connectivity index (χ0v) is 16.2. The quantitative estimate of drug-likeness (QED) is 0.458. The number of nitrogens with zero attached hydrogens (tertiary/aromatic N) is 5. The van der Waals surface area contributed by atoms with Crippen molar-refractivity contribution in [2.45, 2.75) is 6.54 Å². The Morgan fingerprint density at radius 2 is 1.81 bits per heavy atom. The van der Waals surface area contributed by atoms with Crippen molar-refractivity contribution in [3.05, 3.63) is 90.3 Å². The van der Waals surface area contributed by atoms with Crippen LogP contribution in [0.15, 0.2) is 73.3 Å². The van der Waals surface area contributed by atoms with E-state index in [2.05, 4.69) is 31.3 Å². The SMILES string of the molecule is N#Cc1cnc2cc(CNc3ncnc(-c4ccc5ncccc5c4)c3F)ccc2c1. The zero-order valence-electron chi connectivity index (χ0n) is 16.2. The molecule has 5 rings (SSSR count). The number of anilines is 1. The van der Waals surface area contributed by atoms with Crippen LogP contribution in [0.4, 0.5) is 10.2 Å². The van der Waals surface area contributed by atoms with Crippen molar-refractivity contribution in [3.63, 3.8) is 0 Å². The van der Waals surface area contributed by atoms with E-state index >= 15 is 4.39 Å². The highest BCUT2D eigenvalue weighted by Gasteiger charge is 2.13. The van der Waals surface area contributed by atoms with E-state index in [0.717, 1.165) is 27.4 Å². The van der Waals surface area contributed by atoms with Crippen LogP contribution in [0.25, 0.3) is 33.1 Å².